The summed E-state index contributed by atoms with van der Waals surface area (Å²) in [6.45, 7) is 4.59. The first kappa shape index (κ1) is 13.8. The molecule has 1 aliphatic carbocycles. The summed E-state index contributed by atoms with van der Waals surface area (Å²) in [7, 11) is 3.48. The number of carbonyl (C=O) groups excluding carboxylic acids is 1. The fourth-order valence-electron chi connectivity index (χ4n) is 2.66. The third-order valence-electron chi connectivity index (χ3n) is 3.98. The highest BCUT2D eigenvalue weighted by Crippen LogP contribution is 2.38. The monoisotopic (exact) mass is 261 g/mol. The van der Waals surface area contributed by atoms with E-state index in [4.69, 9.17) is 0 Å². The minimum atomic E-state index is -0.0608. The van der Waals surface area contributed by atoms with Crippen molar-refractivity contribution < 1.29 is 4.79 Å². The molecule has 1 heterocycles. The van der Waals surface area contributed by atoms with Crippen LogP contribution in [0.15, 0.2) is 18.3 Å². The number of rotatable bonds is 3. The van der Waals surface area contributed by atoms with Crippen molar-refractivity contribution in [3.8, 4) is 0 Å². The van der Waals surface area contributed by atoms with Crippen LogP contribution in [0, 0.1) is 5.41 Å². The van der Waals surface area contributed by atoms with Crippen LogP contribution < -0.4 is 5.32 Å². The Morgan fingerprint density at radius 1 is 1.47 bits per heavy atom. The molecule has 4 nitrogen and oxygen atoms in total. The number of nitrogens with one attached hydrogen (secondary N) is 1. The summed E-state index contributed by atoms with van der Waals surface area (Å²) in [5.41, 5.74) is 1.79. The lowest BCUT2D eigenvalue weighted by atomic mass is 9.87. The summed E-state index contributed by atoms with van der Waals surface area (Å²) in [5, 5.41) is 3.55. The first-order valence-electron chi connectivity index (χ1n) is 6.84. The molecule has 0 bridgehead atoms. The van der Waals surface area contributed by atoms with Gasteiger partial charge < -0.3 is 10.2 Å². The number of hydrogen-bond donors (Lipinski definition) is 1. The topological polar surface area (TPSA) is 45.2 Å². The van der Waals surface area contributed by atoms with Crippen LogP contribution in [0.1, 0.15) is 43.6 Å². The zero-order valence-corrected chi connectivity index (χ0v) is 12.2. The van der Waals surface area contributed by atoms with Crippen molar-refractivity contribution in [3.05, 3.63) is 24.0 Å². The summed E-state index contributed by atoms with van der Waals surface area (Å²) in [6.07, 6.45) is 5.39. The molecular formula is C15H23N3O. The van der Waals surface area contributed by atoms with Gasteiger partial charge in [0, 0.05) is 32.0 Å². The molecule has 104 valence electrons. The lowest BCUT2D eigenvalue weighted by Gasteiger charge is -2.28. The number of aromatic nitrogens is 1. The van der Waals surface area contributed by atoms with E-state index < -0.39 is 0 Å². The van der Waals surface area contributed by atoms with Gasteiger partial charge in [-0.05, 0) is 30.4 Å². The van der Waals surface area contributed by atoms with Crippen LogP contribution in [0.25, 0.3) is 0 Å². The molecule has 1 unspecified atom stereocenters. The fourth-order valence-corrected chi connectivity index (χ4v) is 2.66. The Morgan fingerprint density at radius 2 is 2.21 bits per heavy atom. The fraction of sp³-hybridized carbons (Fsp3) is 0.600. The Bertz CT molecular complexity index is 468. The molecule has 1 fully saturated rings. The highest BCUT2D eigenvalue weighted by atomic mass is 16.2. The summed E-state index contributed by atoms with van der Waals surface area (Å²) in [6, 6.07) is 4.25. The van der Waals surface area contributed by atoms with Gasteiger partial charge in [-0.1, -0.05) is 20.3 Å². The predicted octanol–water partition coefficient (Wildman–Crippen LogP) is 2.77. The van der Waals surface area contributed by atoms with Crippen molar-refractivity contribution in [1.82, 2.24) is 9.88 Å². The number of anilines is 1. The highest BCUT2D eigenvalue weighted by molar-refractivity contribution is 5.92. The third kappa shape index (κ3) is 3.06. The Balaban J connectivity index is 2.14. The van der Waals surface area contributed by atoms with Crippen molar-refractivity contribution in [2.24, 2.45) is 5.41 Å². The van der Waals surface area contributed by atoms with E-state index in [0.717, 1.165) is 5.69 Å². The highest BCUT2D eigenvalue weighted by Gasteiger charge is 2.34. The quantitative estimate of drug-likeness (QED) is 0.910. The van der Waals surface area contributed by atoms with E-state index in [1.807, 2.05) is 12.1 Å². The van der Waals surface area contributed by atoms with Gasteiger partial charge in [-0.2, -0.15) is 0 Å². The number of nitrogens with zero attached hydrogens (tertiary/aromatic N) is 2. The second kappa shape index (κ2) is 5.19. The molecule has 1 N–H and O–H groups in total. The maximum Gasteiger partial charge on any atom is 0.272 e. The molecule has 0 aliphatic heterocycles. The van der Waals surface area contributed by atoms with Gasteiger partial charge in [0.25, 0.3) is 5.91 Å². The second-order valence-electron chi connectivity index (χ2n) is 6.21. The first-order chi connectivity index (χ1) is 8.90. The lowest BCUT2D eigenvalue weighted by Crippen LogP contribution is -2.31. The Morgan fingerprint density at radius 3 is 2.79 bits per heavy atom. The molecule has 0 aromatic carbocycles. The summed E-state index contributed by atoms with van der Waals surface area (Å²) in [5.74, 6) is -0.0608. The van der Waals surface area contributed by atoms with E-state index in [-0.39, 0.29) is 5.91 Å². The molecular weight excluding hydrogens is 238 g/mol. The zero-order chi connectivity index (χ0) is 14.0. The SMILES string of the molecule is CN(C)C(=O)c1cc(NC2CCCC2(C)C)ccn1. The molecule has 0 spiro atoms. The summed E-state index contributed by atoms with van der Waals surface area (Å²) < 4.78 is 0. The second-order valence-corrected chi connectivity index (χ2v) is 6.21. The molecule has 1 aromatic rings. The molecule has 19 heavy (non-hydrogen) atoms. The number of hydrogen-bond acceptors (Lipinski definition) is 3. The van der Waals surface area contributed by atoms with Crippen LogP contribution in [0.3, 0.4) is 0 Å². The maximum atomic E-state index is 11.9. The number of pyridine rings is 1. The van der Waals surface area contributed by atoms with E-state index in [1.165, 1.54) is 19.3 Å². The van der Waals surface area contributed by atoms with E-state index >= 15 is 0 Å². The van der Waals surface area contributed by atoms with Gasteiger partial charge in [0.1, 0.15) is 5.69 Å². The van der Waals surface area contributed by atoms with E-state index in [9.17, 15) is 4.79 Å². The van der Waals surface area contributed by atoms with Crippen molar-refractivity contribution >= 4 is 11.6 Å². The molecule has 0 saturated heterocycles. The van der Waals surface area contributed by atoms with E-state index in [1.54, 1.807) is 25.2 Å². The molecule has 1 amide bonds. The van der Waals surface area contributed by atoms with Gasteiger partial charge >= 0.3 is 0 Å². The molecule has 1 aliphatic rings. The summed E-state index contributed by atoms with van der Waals surface area (Å²) >= 11 is 0. The Kier molecular flexibility index (Phi) is 3.78. The van der Waals surface area contributed by atoms with Crippen molar-refractivity contribution in [2.75, 3.05) is 19.4 Å². The molecule has 2 rings (SSSR count). The van der Waals surface area contributed by atoms with Crippen LogP contribution in [-0.4, -0.2) is 35.9 Å². The zero-order valence-electron chi connectivity index (χ0n) is 12.2. The predicted molar refractivity (Wildman–Crippen MR) is 77.3 cm³/mol. The summed E-state index contributed by atoms with van der Waals surface area (Å²) in [4.78, 5) is 17.6. The minimum Gasteiger partial charge on any atom is -0.382 e. The first-order valence-corrected chi connectivity index (χ1v) is 6.84. The van der Waals surface area contributed by atoms with E-state index in [2.05, 4.69) is 24.1 Å². The van der Waals surface area contributed by atoms with Gasteiger partial charge in [0.15, 0.2) is 0 Å². The normalized spacial score (nSPS) is 21.2. The van der Waals surface area contributed by atoms with Crippen molar-refractivity contribution in [3.63, 3.8) is 0 Å². The molecule has 4 heteroatoms. The van der Waals surface area contributed by atoms with Gasteiger partial charge in [-0.15, -0.1) is 0 Å². The Labute approximate surface area is 115 Å². The average molecular weight is 261 g/mol. The van der Waals surface area contributed by atoms with Gasteiger partial charge in [-0.3, -0.25) is 9.78 Å². The maximum absolute atomic E-state index is 11.9. The standard InChI is InChI=1S/C15H23N3O/c1-15(2)8-5-6-13(15)17-11-7-9-16-12(10-11)14(19)18(3)4/h7,9-10,13H,5-6,8H2,1-4H3,(H,16,17). The van der Waals surface area contributed by atoms with Crippen LogP contribution in [0.2, 0.25) is 0 Å². The van der Waals surface area contributed by atoms with Crippen molar-refractivity contribution in [2.45, 2.75) is 39.2 Å². The third-order valence-corrected chi connectivity index (χ3v) is 3.98. The largest absolute Gasteiger partial charge is 0.382 e. The van der Waals surface area contributed by atoms with Gasteiger partial charge in [0.2, 0.25) is 0 Å². The van der Waals surface area contributed by atoms with Crippen LogP contribution in [0.5, 0.6) is 0 Å². The van der Waals surface area contributed by atoms with Crippen molar-refractivity contribution in [1.29, 1.82) is 0 Å². The van der Waals surface area contributed by atoms with Crippen LogP contribution >= 0.6 is 0 Å². The molecule has 1 saturated carbocycles. The van der Waals surface area contributed by atoms with Crippen LogP contribution in [-0.2, 0) is 0 Å². The molecule has 0 radical (unpaired) electrons. The van der Waals surface area contributed by atoms with E-state index in [0.29, 0.717) is 17.2 Å². The average Bonchev–Trinajstić information content (AvgIpc) is 2.68. The molecule has 1 atom stereocenters. The number of amides is 1. The van der Waals surface area contributed by atoms with Crippen LogP contribution in [0.4, 0.5) is 5.69 Å². The Hall–Kier alpha value is -1.58. The van der Waals surface area contributed by atoms with Gasteiger partial charge in [0.05, 0.1) is 0 Å². The lowest BCUT2D eigenvalue weighted by molar-refractivity contribution is 0.0822. The number of carbonyl (C=O) groups is 1. The smallest absolute Gasteiger partial charge is 0.272 e. The molecule has 1 aromatic heterocycles. The van der Waals surface area contributed by atoms with Gasteiger partial charge in [-0.25, -0.2) is 0 Å². The minimum absolute atomic E-state index is 0.0608.